The van der Waals surface area contributed by atoms with E-state index in [-0.39, 0.29) is 23.9 Å². The van der Waals surface area contributed by atoms with Gasteiger partial charge in [0.15, 0.2) is 0 Å². The van der Waals surface area contributed by atoms with Gasteiger partial charge in [0.05, 0.1) is 18.9 Å². The van der Waals surface area contributed by atoms with Gasteiger partial charge in [-0.2, -0.15) is 0 Å². The van der Waals surface area contributed by atoms with Gasteiger partial charge >= 0.3 is 0 Å². The summed E-state index contributed by atoms with van der Waals surface area (Å²) in [6, 6.07) is 4.13. The van der Waals surface area contributed by atoms with Gasteiger partial charge in [-0.05, 0) is 31.5 Å². The van der Waals surface area contributed by atoms with E-state index in [0.717, 1.165) is 19.5 Å². The number of carbonyl (C=O) groups is 2. The number of hydrogen-bond donors (Lipinski definition) is 2. The molecule has 142 valence electrons. The molecule has 0 atom stereocenters. The number of anilines is 2. The molecule has 0 bridgehead atoms. The minimum Gasteiger partial charge on any atom is -0.379 e. The number of hydrogen-bond acceptors (Lipinski definition) is 4. The first-order valence-corrected chi connectivity index (χ1v) is 8.87. The highest BCUT2D eigenvalue weighted by Crippen LogP contribution is 2.20. The van der Waals surface area contributed by atoms with Crippen LogP contribution in [0.2, 0.25) is 0 Å². The zero-order chi connectivity index (χ0) is 18.9. The Morgan fingerprint density at radius 2 is 2.00 bits per heavy atom. The van der Waals surface area contributed by atoms with Gasteiger partial charge in [0, 0.05) is 37.3 Å². The topological polar surface area (TPSA) is 70.7 Å². The molecule has 2 amide bonds. The highest BCUT2D eigenvalue weighted by atomic mass is 19.1. The number of allylic oxidation sites excluding steroid dienone is 1. The predicted octanol–water partition coefficient (Wildman–Crippen LogP) is 2.78. The molecule has 2 rings (SSSR count). The largest absolute Gasteiger partial charge is 0.379 e. The summed E-state index contributed by atoms with van der Waals surface area (Å²) < 4.78 is 19.2. The molecule has 0 spiro atoms. The fourth-order valence-electron chi connectivity index (χ4n) is 2.62. The number of morpholine rings is 1. The number of halogens is 1. The molecule has 0 unspecified atom stereocenters. The maximum atomic E-state index is 14.0. The highest BCUT2D eigenvalue weighted by molar-refractivity contribution is 6.03. The smallest absolute Gasteiger partial charge is 0.250 e. The third-order valence-electron chi connectivity index (χ3n) is 4.13. The molecule has 0 saturated carbocycles. The number of carbonyl (C=O) groups excluding carboxylic acids is 2. The lowest BCUT2D eigenvalue weighted by Crippen LogP contribution is -2.38. The summed E-state index contributed by atoms with van der Waals surface area (Å²) in [5.41, 5.74) is 1.09. The van der Waals surface area contributed by atoms with Crippen LogP contribution < -0.4 is 10.6 Å². The van der Waals surface area contributed by atoms with E-state index in [2.05, 4.69) is 15.5 Å². The summed E-state index contributed by atoms with van der Waals surface area (Å²) in [4.78, 5) is 26.3. The molecule has 0 aromatic heterocycles. The van der Waals surface area contributed by atoms with Gasteiger partial charge in [0.2, 0.25) is 5.91 Å². The van der Waals surface area contributed by atoms with E-state index in [1.54, 1.807) is 6.92 Å². The van der Waals surface area contributed by atoms with E-state index in [1.807, 2.05) is 13.0 Å². The lowest BCUT2D eigenvalue weighted by Gasteiger charge is -2.26. The molecule has 1 aromatic carbocycles. The first kappa shape index (κ1) is 20.1. The third-order valence-corrected chi connectivity index (χ3v) is 4.13. The quantitative estimate of drug-likeness (QED) is 0.731. The van der Waals surface area contributed by atoms with Crippen molar-refractivity contribution in [1.82, 2.24) is 4.90 Å². The van der Waals surface area contributed by atoms with Crippen LogP contribution in [0, 0.1) is 5.82 Å². The number of rotatable bonds is 7. The van der Waals surface area contributed by atoms with Crippen LogP contribution in [-0.4, -0.2) is 49.6 Å². The van der Waals surface area contributed by atoms with Crippen molar-refractivity contribution >= 4 is 23.2 Å². The zero-order valence-electron chi connectivity index (χ0n) is 15.3. The Hall–Kier alpha value is -2.25. The fraction of sp³-hybridized carbons (Fsp3) is 0.474. The lowest BCUT2D eigenvalue weighted by atomic mass is 10.2. The Bertz CT molecular complexity index is 670. The molecule has 1 aliphatic heterocycles. The van der Waals surface area contributed by atoms with Crippen LogP contribution in [0.3, 0.4) is 0 Å². The molecule has 0 aliphatic carbocycles. The first-order valence-electron chi connectivity index (χ1n) is 8.87. The average molecular weight is 363 g/mol. The predicted molar refractivity (Wildman–Crippen MR) is 99.6 cm³/mol. The number of amides is 2. The molecular weight excluding hydrogens is 337 g/mol. The number of ether oxygens (including phenoxy) is 1. The van der Waals surface area contributed by atoms with E-state index in [1.165, 1.54) is 18.2 Å². The molecule has 1 aliphatic rings. The van der Waals surface area contributed by atoms with Crippen LogP contribution in [0.1, 0.15) is 26.7 Å². The second kappa shape index (κ2) is 10.0. The van der Waals surface area contributed by atoms with Gasteiger partial charge in [-0.3, -0.25) is 14.5 Å². The van der Waals surface area contributed by atoms with Crippen molar-refractivity contribution in [2.45, 2.75) is 26.7 Å². The second-order valence-electron chi connectivity index (χ2n) is 6.20. The van der Waals surface area contributed by atoms with Crippen molar-refractivity contribution in [3.63, 3.8) is 0 Å². The van der Waals surface area contributed by atoms with E-state index >= 15 is 0 Å². The Morgan fingerprint density at radius 3 is 2.69 bits per heavy atom. The van der Waals surface area contributed by atoms with E-state index < -0.39 is 5.82 Å². The van der Waals surface area contributed by atoms with Gasteiger partial charge in [-0.25, -0.2) is 4.39 Å². The van der Waals surface area contributed by atoms with E-state index in [4.69, 9.17) is 4.74 Å². The van der Waals surface area contributed by atoms with Crippen molar-refractivity contribution < 1.29 is 18.7 Å². The maximum Gasteiger partial charge on any atom is 0.250 e. The summed E-state index contributed by atoms with van der Waals surface area (Å²) in [6.45, 7) is 7.21. The van der Waals surface area contributed by atoms with Crippen LogP contribution >= 0.6 is 0 Å². The van der Waals surface area contributed by atoms with Crippen molar-refractivity contribution in [3.05, 3.63) is 35.7 Å². The van der Waals surface area contributed by atoms with Crippen molar-refractivity contribution in [2.24, 2.45) is 0 Å². The molecule has 1 saturated heterocycles. The Balaban J connectivity index is 1.92. The second-order valence-corrected chi connectivity index (χ2v) is 6.20. The Morgan fingerprint density at radius 1 is 1.27 bits per heavy atom. The molecule has 26 heavy (non-hydrogen) atoms. The van der Waals surface area contributed by atoms with Crippen LogP contribution in [-0.2, 0) is 14.3 Å². The minimum absolute atomic E-state index is 0.0619. The van der Waals surface area contributed by atoms with Gasteiger partial charge in [-0.15, -0.1) is 0 Å². The van der Waals surface area contributed by atoms with Crippen molar-refractivity contribution in [2.75, 3.05) is 43.5 Å². The van der Waals surface area contributed by atoms with Crippen LogP contribution in [0.25, 0.3) is 0 Å². The van der Waals surface area contributed by atoms with Crippen molar-refractivity contribution in [3.8, 4) is 0 Å². The molecule has 2 N–H and O–H groups in total. The summed E-state index contributed by atoms with van der Waals surface area (Å²) in [7, 11) is 0. The van der Waals surface area contributed by atoms with Crippen molar-refractivity contribution in [1.29, 1.82) is 0 Å². The van der Waals surface area contributed by atoms with E-state index in [0.29, 0.717) is 31.0 Å². The van der Waals surface area contributed by atoms with E-state index in [9.17, 15) is 14.0 Å². The Kier molecular flexibility index (Phi) is 7.74. The maximum absolute atomic E-state index is 14.0. The average Bonchev–Trinajstić information content (AvgIpc) is 2.64. The summed E-state index contributed by atoms with van der Waals surface area (Å²) in [5, 5.41) is 5.28. The molecule has 1 fully saturated rings. The number of nitrogens with one attached hydrogen (secondary N) is 2. The molecule has 1 heterocycles. The monoisotopic (exact) mass is 363 g/mol. The first-order chi connectivity index (χ1) is 12.5. The minimum atomic E-state index is -0.538. The van der Waals surface area contributed by atoms with Gasteiger partial charge in [0.1, 0.15) is 5.82 Å². The van der Waals surface area contributed by atoms with Gasteiger partial charge < -0.3 is 15.4 Å². The lowest BCUT2D eigenvalue weighted by molar-refractivity contribution is -0.116. The van der Waals surface area contributed by atoms with Crippen LogP contribution in [0.5, 0.6) is 0 Å². The molecule has 0 radical (unpaired) electrons. The highest BCUT2D eigenvalue weighted by Gasteiger charge is 2.14. The summed E-state index contributed by atoms with van der Waals surface area (Å²) in [6.07, 6.45) is 2.84. The molecular formula is C19H26FN3O3. The van der Waals surface area contributed by atoms with Crippen LogP contribution in [0.4, 0.5) is 15.8 Å². The summed E-state index contributed by atoms with van der Waals surface area (Å²) in [5.74, 6) is -1.05. The molecule has 1 aromatic rings. The number of benzene rings is 1. The normalized spacial score (nSPS) is 15.6. The standard InChI is InChI=1S/C19H26FN3O3/c1-3-4-14(2)19(25)21-15-5-6-16(20)17(13-15)22-18(24)7-8-23-9-11-26-12-10-23/h4-6,13H,3,7-12H2,1-2H3,(H,21,25)(H,22,24)/b14-4-. The molecule has 6 nitrogen and oxygen atoms in total. The SMILES string of the molecule is CC/C=C(/C)C(=O)Nc1ccc(F)c(NC(=O)CCN2CCOCC2)c1. The number of nitrogens with zero attached hydrogens (tertiary/aromatic N) is 1. The van der Waals surface area contributed by atoms with Gasteiger partial charge in [0.25, 0.3) is 5.91 Å². The third kappa shape index (κ3) is 6.24. The zero-order valence-corrected chi connectivity index (χ0v) is 15.3. The summed E-state index contributed by atoms with van der Waals surface area (Å²) >= 11 is 0. The molecule has 7 heteroatoms. The Labute approximate surface area is 153 Å². The fourth-order valence-corrected chi connectivity index (χ4v) is 2.62. The van der Waals surface area contributed by atoms with Gasteiger partial charge in [-0.1, -0.05) is 13.0 Å². The van der Waals surface area contributed by atoms with Crippen LogP contribution in [0.15, 0.2) is 29.8 Å².